The number of aryl methyl sites for hydroxylation is 1. The molecule has 18 heavy (non-hydrogen) atoms. The van der Waals surface area contributed by atoms with Gasteiger partial charge in [-0.25, -0.2) is 4.39 Å². The van der Waals surface area contributed by atoms with Crippen LogP contribution in [0.5, 0.6) is 11.5 Å². The van der Waals surface area contributed by atoms with Gasteiger partial charge in [0.15, 0.2) is 11.5 Å². The van der Waals surface area contributed by atoms with E-state index in [1.807, 2.05) is 0 Å². The van der Waals surface area contributed by atoms with Gasteiger partial charge in [0.1, 0.15) is 24.1 Å². The summed E-state index contributed by atoms with van der Waals surface area (Å²) in [5, 5.41) is 8.44. The van der Waals surface area contributed by atoms with Crippen molar-refractivity contribution in [2.45, 2.75) is 19.3 Å². The van der Waals surface area contributed by atoms with Crippen molar-refractivity contribution in [2.24, 2.45) is 0 Å². The number of ether oxygens (including phenoxy) is 2. The molecule has 0 saturated heterocycles. The average Bonchev–Trinajstić information content (AvgIpc) is 2.35. The molecule has 0 aliphatic carbocycles. The van der Waals surface area contributed by atoms with E-state index in [1.54, 1.807) is 0 Å². The Morgan fingerprint density at radius 3 is 2.89 bits per heavy atom. The smallest absolute Gasteiger partial charge is 0.303 e. The number of carbonyl (C=O) groups is 1. The first kappa shape index (κ1) is 13.0. The SMILES string of the molecule is O=C(O)CCCc1cc2c(c(Cl)c1F)OCCO2. The van der Waals surface area contributed by atoms with Gasteiger partial charge in [-0.2, -0.15) is 0 Å². The van der Waals surface area contributed by atoms with Gasteiger partial charge in [-0.1, -0.05) is 11.6 Å². The second-order valence-corrected chi connectivity index (χ2v) is 4.31. The molecule has 0 saturated carbocycles. The Morgan fingerprint density at radius 1 is 1.44 bits per heavy atom. The zero-order valence-corrected chi connectivity index (χ0v) is 10.3. The highest BCUT2D eigenvalue weighted by Gasteiger charge is 2.21. The highest BCUT2D eigenvalue weighted by Crippen LogP contribution is 2.40. The molecular weight excluding hydrogens is 263 g/mol. The van der Waals surface area contributed by atoms with Gasteiger partial charge in [-0.3, -0.25) is 4.79 Å². The Kier molecular flexibility index (Phi) is 3.91. The summed E-state index contributed by atoms with van der Waals surface area (Å²) in [5.74, 6) is -0.828. The van der Waals surface area contributed by atoms with E-state index >= 15 is 0 Å². The number of halogens is 2. The molecule has 1 aromatic rings. The lowest BCUT2D eigenvalue weighted by Gasteiger charge is -2.20. The predicted molar refractivity (Wildman–Crippen MR) is 63.0 cm³/mol. The Hall–Kier alpha value is -1.49. The molecule has 0 atom stereocenters. The molecule has 0 bridgehead atoms. The fourth-order valence-electron chi connectivity index (χ4n) is 1.78. The van der Waals surface area contributed by atoms with Crippen LogP contribution in [0.15, 0.2) is 6.07 Å². The van der Waals surface area contributed by atoms with E-state index in [9.17, 15) is 9.18 Å². The zero-order valence-electron chi connectivity index (χ0n) is 9.54. The van der Waals surface area contributed by atoms with Gasteiger partial charge in [0.25, 0.3) is 0 Å². The molecule has 0 radical (unpaired) electrons. The number of fused-ring (bicyclic) bond motifs is 1. The minimum atomic E-state index is -0.904. The molecule has 6 heteroatoms. The average molecular weight is 275 g/mol. The van der Waals surface area contributed by atoms with E-state index < -0.39 is 11.8 Å². The molecule has 1 aliphatic rings. The van der Waals surface area contributed by atoms with E-state index in [4.69, 9.17) is 26.2 Å². The molecule has 0 spiro atoms. The van der Waals surface area contributed by atoms with Crippen LogP contribution >= 0.6 is 11.6 Å². The largest absolute Gasteiger partial charge is 0.486 e. The lowest BCUT2D eigenvalue weighted by Crippen LogP contribution is -2.16. The Balaban J connectivity index is 2.20. The maximum atomic E-state index is 13.9. The van der Waals surface area contributed by atoms with E-state index in [0.717, 1.165) is 0 Å². The normalized spacial score (nSPS) is 13.4. The minimum absolute atomic E-state index is 0.00843. The molecule has 0 amide bonds. The quantitative estimate of drug-likeness (QED) is 0.917. The van der Waals surface area contributed by atoms with Crippen molar-refractivity contribution in [3.8, 4) is 11.5 Å². The fraction of sp³-hybridized carbons (Fsp3) is 0.417. The van der Waals surface area contributed by atoms with Gasteiger partial charge in [-0.15, -0.1) is 0 Å². The predicted octanol–water partition coefficient (Wildman–Crippen LogP) is 2.66. The first-order valence-electron chi connectivity index (χ1n) is 5.58. The van der Waals surface area contributed by atoms with Crippen molar-refractivity contribution in [1.29, 1.82) is 0 Å². The Bertz CT molecular complexity index is 476. The summed E-state index contributed by atoms with van der Waals surface area (Å²) in [6.07, 6.45) is 0.641. The Labute approximate surface area is 108 Å². The second-order valence-electron chi connectivity index (χ2n) is 3.94. The van der Waals surface area contributed by atoms with Crippen LogP contribution in [-0.4, -0.2) is 24.3 Å². The molecule has 98 valence electrons. The number of hydrogen-bond donors (Lipinski definition) is 1. The molecule has 1 aliphatic heterocycles. The van der Waals surface area contributed by atoms with Gasteiger partial charge in [0.2, 0.25) is 0 Å². The first-order valence-corrected chi connectivity index (χ1v) is 5.95. The minimum Gasteiger partial charge on any atom is -0.486 e. The van der Waals surface area contributed by atoms with E-state index in [2.05, 4.69) is 0 Å². The maximum Gasteiger partial charge on any atom is 0.303 e. The van der Waals surface area contributed by atoms with Crippen LogP contribution in [0.2, 0.25) is 5.02 Å². The summed E-state index contributed by atoms with van der Waals surface area (Å²) < 4.78 is 24.5. The number of carboxylic acid groups (broad SMARTS) is 1. The number of aliphatic carboxylic acids is 1. The summed E-state index contributed by atoms with van der Waals surface area (Å²) in [5.41, 5.74) is 0.352. The summed E-state index contributed by atoms with van der Waals surface area (Å²) in [6, 6.07) is 1.53. The van der Waals surface area contributed by atoms with Crippen molar-refractivity contribution in [2.75, 3.05) is 13.2 Å². The van der Waals surface area contributed by atoms with Crippen LogP contribution in [0.3, 0.4) is 0 Å². The van der Waals surface area contributed by atoms with Gasteiger partial charge in [0.05, 0.1) is 0 Å². The molecule has 1 aromatic carbocycles. The van der Waals surface area contributed by atoms with Crippen molar-refractivity contribution >= 4 is 17.6 Å². The van der Waals surface area contributed by atoms with Crippen LogP contribution < -0.4 is 9.47 Å². The highest BCUT2D eigenvalue weighted by molar-refractivity contribution is 6.32. The molecule has 4 nitrogen and oxygen atoms in total. The maximum absolute atomic E-state index is 13.9. The van der Waals surface area contributed by atoms with Gasteiger partial charge < -0.3 is 14.6 Å². The van der Waals surface area contributed by atoms with Crippen molar-refractivity contribution in [1.82, 2.24) is 0 Å². The van der Waals surface area contributed by atoms with Gasteiger partial charge in [-0.05, 0) is 24.5 Å². The summed E-state index contributed by atoms with van der Waals surface area (Å²) in [4.78, 5) is 10.4. The van der Waals surface area contributed by atoms with E-state index in [1.165, 1.54) is 6.07 Å². The van der Waals surface area contributed by atoms with Crippen LogP contribution in [0.25, 0.3) is 0 Å². The third kappa shape index (κ3) is 2.67. The highest BCUT2D eigenvalue weighted by atomic mass is 35.5. The van der Waals surface area contributed by atoms with Gasteiger partial charge >= 0.3 is 5.97 Å². The topological polar surface area (TPSA) is 55.8 Å². The molecule has 1 N–H and O–H groups in total. The third-order valence-corrected chi connectivity index (χ3v) is 2.96. The standard InChI is InChI=1S/C12H12ClFO4/c13-10-11(14)7(2-1-3-9(15)16)6-8-12(10)18-5-4-17-8/h6H,1-5H2,(H,15,16). The molecule has 0 aromatic heterocycles. The van der Waals surface area contributed by atoms with E-state index in [-0.39, 0.29) is 17.2 Å². The van der Waals surface area contributed by atoms with Crippen molar-refractivity contribution in [3.63, 3.8) is 0 Å². The number of benzene rings is 1. The van der Waals surface area contributed by atoms with Crippen LogP contribution in [0.4, 0.5) is 4.39 Å². The monoisotopic (exact) mass is 274 g/mol. The fourth-order valence-corrected chi connectivity index (χ4v) is 2.05. The summed E-state index contributed by atoms with van der Waals surface area (Å²) >= 11 is 5.86. The summed E-state index contributed by atoms with van der Waals surface area (Å²) in [6.45, 7) is 0.730. The van der Waals surface area contributed by atoms with Crippen LogP contribution in [0, 0.1) is 5.82 Å². The van der Waals surface area contributed by atoms with Crippen molar-refractivity contribution < 1.29 is 23.8 Å². The molecule has 2 rings (SSSR count). The van der Waals surface area contributed by atoms with Crippen LogP contribution in [0.1, 0.15) is 18.4 Å². The number of rotatable bonds is 4. The molecule has 1 heterocycles. The molecular formula is C12H12ClFO4. The lowest BCUT2D eigenvalue weighted by molar-refractivity contribution is -0.137. The number of hydrogen-bond acceptors (Lipinski definition) is 3. The third-order valence-electron chi connectivity index (χ3n) is 2.63. The molecule has 0 fully saturated rings. The summed E-state index contributed by atoms with van der Waals surface area (Å²) in [7, 11) is 0. The number of carboxylic acids is 1. The zero-order chi connectivity index (χ0) is 13.1. The first-order chi connectivity index (χ1) is 8.59. The lowest BCUT2D eigenvalue weighted by atomic mass is 10.1. The second kappa shape index (κ2) is 5.44. The Morgan fingerprint density at radius 2 is 2.17 bits per heavy atom. The van der Waals surface area contributed by atoms with E-state index in [0.29, 0.717) is 37.4 Å². The van der Waals surface area contributed by atoms with Crippen LogP contribution in [-0.2, 0) is 11.2 Å². The van der Waals surface area contributed by atoms with Gasteiger partial charge in [0, 0.05) is 6.42 Å². The molecule has 0 unspecified atom stereocenters. The van der Waals surface area contributed by atoms with Crippen molar-refractivity contribution in [3.05, 3.63) is 22.5 Å².